The number of nitriles is 1. The number of amides is 1. The van der Waals surface area contributed by atoms with Gasteiger partial charge in [0.05, 0.1) is 0 Å². The van der Waals surface area contributed by atoms with Gasteiger partial charge in [0.25, 0.3) is 5.91 Å². The molecule has 0 atom stereocenters. The molecule has 2 aromatic carbocycles. The Morgan fingerprint density at radius 3 is 2.73 bits per heavy atom. The zero-order chi connectivity index (χ0) is 20.8. The first-order chi connectivity index (χ1) is 14.7. The Hall–Kier alpha value is -3.69. The first-order valence-corrected chi connectivity index (χ1v) is 10.3. The highest BCUT2D eigenvalue weighted by Gasteiger charge is 2.11. The van der Waals surface area contributed by atoms with Crippen LogP contribution in [-0.4, -0.2) is 17.4 Å². The molecule has 0 aliphatic heterocycles. The normalized spacial score (nSPS) is 11.4. The third-order valence-electron chi connectivity index (χ3n) is 4.57. The van der Waals surface area contributed by atoms with E-state index in [1.807, 2.05) is 72.9 Å². The van der Waals surface area contributed by atoms with Gasteiger partial charge in [0.1, 0.15) is 17.4 Å². The van der Waals surface area contributed by atoms with E-state index in [9.17, 15) is 10.1 Å². The molecule has 4 aromatic rings. The number of rotatable bonds is 7. The van der Waals surface area contributed by atoms with Crippen molar-refractivity contribution >= 4 is 34.6 Å². The molecule has 2 heterocycles. The Morgan fingerprint density at radius 2 is 1.90 bits per heavy atom. The van der Waals surface area contributed by atoms with Crippen LogP contribution in [0.25, 0.3) is 17.0 Å². The summed E-state index contributed by atoms with van der Waals surface area (Å²) in [6.07, 6.45) is 4.09. The number of hydrogen-bond acceptors (Lipinski definition) is 4. The van der Waals surface area contributed by atoms with Crippen LogP contribution in [0.3, 0.4) is 0 Å². The Morgan fingerprint density at radius 1 is 1.10 bits per heavy atom. The first kappa shape index (κ1) is 19.6. The number of nitrogens with zero attached hydrogens (tertiary/aromatic N) is 1. The van der Waals surface area contributed by atoms with Gasteiger partial charge in [-0.3, -0.25) is 4.79 Å². The number of furan rings is 1. The number of H-pyrrole nitrogens is 1. The molecule has 2 N–H and O–H groups in total. The molecule has 2 aromatic heterocycles. The number of carbonyl (C=O) groups is 1. The predicted molar refractivity (Wildman–Crippen MR) is 118 cm³/mol. The topological polar surface area (TPSA) is 81.8 Å². The first-order valence-electron chi connectivity index (χ1n) is 9.50. The van der Waals surface area contributed by atoms with Gasteiger partial charge in [-0.25, -0.2) is 0 Å². The highest BCUT2D eigenvalue weighted by Crippen LogP contribution is 2.29. The number of carbonyl (C=O) groups excluding carboxylic acids is 1. The lowest BCUT2D eigenvalue weighted by atomic mass is 10.1. The average molecular weight is 414 g/mol. The van der Waals surface area contributed by atoms with Gasteiger partial charge in [-0.2, -0.15) is 5.26 Å². The van der Waals surface area contributed by atoms with Crippen LogP contribution in [0.4, 0.5) is 0 Å². The Kier molecular flexibility index (Phi) is 6.02. The second-order valence-electron chi connectivity index (χ2n) is 6.61. The number of benzene rings is 2. The molecule has 0 spiro atoms. The maximum absolute atomic E-state index is 12.4. The van der Waals surface area contributed by atoms with Gasteiger partial charge < -0.3 is 14.7 Å². The minimum absolute atomic E-state index is 0.0135. The Labute approximate surface area is 178 Å². The van der Waals surface area contributed by atoms with Crippen molar-refractivity contribution in [1.29, 1.82) is 5.26 Å². The molecule has 5 nitrogen and oxygen atoms in total. The smallest absolute Gasteiger partial charge is 0.262 e. The Bertz CT molecular complexity index is 1230. The molecule has 1 amide bonds. The molecule has 0 saturated heterocycles. The van der Waals surface area contributed by atoms with Crippen LogP contribution in [0.15, 0.2) is 92.9 Å². The van der Waals surface area contributed by atoms with Gasteiger partial charge in [0.15, 0.2) is 5.09 Å². The number of aromatic nitrogens is 1. The van der Waals surface area contributed by atoms with Gasteiger partial charge >= 0.3 is 0 Å². The second-order valence-corrected chi connectivity index (χ2v) is 7.69. The molecule has 0 aliphatic rings. The van der Waals surface area contributed by atoms with E-state index in [4.69, 9.17) is 4.42 Å². The fourth-order valence-corrected chi connectivity index (χ4v) is 3.91. The van der Waals surface area contributed by atoms with Crippen LogP contribution in [0, 0.1) is 11.3 Å². The third kappa shape index (κ3) is 4.65. The SMILES string of the molecule is N#C/C(=C\c1ccc(Sc2ccccc2)o1)C(=O)NCCc1c[nH]c2ccccc12. The van der Waals surface area contributed by atoms with Crippen LogP contribution < -0.4 is 5.32 Å². The summed E-state index contributed by atoms with van der Waals surface area (Å²) in [5, 5.41) is 14.0. The van der Waals surface area contributed by atoms with E-state index in [0.29, 0.717) is 23.8 Å². The lowest BCUT2D eigenvalue weighted by Gasteiger charge is -2.03. The maximum Gasteiger partial charge on any atom is 0.262 e. The molecular formula is C24H19N3O2S. The summed E-state index contributed by atoms with van der Waals surface area (Å²) in [4.78, 5) is 16.7. The van der Waals surface area contributed by atoms with E-state index in [1.54, 1.807) is 6.07 Å². The average Bonchev–Trinajstić information content (AvgIpc) is 3.39. The zero-order valence-electron chi connectivity index (χ0n) is 16.1. The van der Waals surface area contributed by atoms with E-state index >= 15 is 0 Å². The fourth-order valence-electron chi connectivity index (χ4n) is 3.11. The van der Waals surface area contributed by atoms with Crippen molar-refractivity contribution in [2.24, 2.45) is 0 Å². The van der Waals surface area contributed by atoms with Crippen LogP contribution in [-0.2, 0) is 11.2 Å². The van der Waals surface area contributed by atoms with E-state index in [0.717, 1.165) is 21.4 Å². The standard InChI is InChI=1S/C24H19N3O2S/c25-15-18(14-19-10-11-23(29-19)30-20-6-2-1-3-7-20)24(28)26-13-12-17-16-27-22-9-5-4-8-21(17)22/h1-11,14,16,27H,12-13H2,(H,26,28)/b18-14+. The molecule has 6 heteroatoms. The van der Waals surface area contributed by atoms with Crippen molar-refractivity contribution < 1.29 is 9.21 Å². The molecular weight excluding hydrogens is 394 g/mol. The quantitative estimate of drug-likeness (QED) is 0.323. The number of aromatic amines is 1. The van der Waals surface area contributed by atoms with Gasteiger partial charge in [0, 0.05) is 34.6 Å². The Balaban J connectivity index is 1.36. The van der Waals surface area contributed by atoms with Crippen LogP contribution >= 0.6 is 11.8 Å². The molecule has 0 bridgehead atoms. The van der Waals surface area contributed by atoms with E-state index in [1.165, 1.54) is 17.8 Å². The molecule has 0 saturated carbocycles. The lowest BCUT2D eigenvalue weighted by Crippen LogP contribution is -2.26. The molecule has 0 fully saturated rings. The predicted octanol–water partition coefficient (Wildman–Crippen LogP) is 5.18. The summed E-state index contributed by atoms with van der Waals surface area (Å²) >= 11 is 1.48. The minimum Gasteiger partial charge on any atom is -0.450 e. The van der Waals surface area contributed by atoms with Gasteiger partial charge in [-0.15, -0.1) is 0 Å². The fraction of sp³-hybridized carbons (Fsp3) is 0.0833. The summed E-state index contributed by atoms with van der Waals surface area (Å²) in [6.45, 7) is 0.437. The number of hydrogen-bond donors (Lipinski definition) is 2. The summed E-state index contributed by atoms with van der Waals surface area (Å²) in [6, 6.07) is 23.4. The molecule has 30 heavy (non-hydrogen) atoms. The van der Waals surface area contributed by atoms with Crippen LogP contribution in [0.2, 0.25) is 0 Å². The lowest BCUT2D eigenvalue weighted by molar-refractivity contribution is -0.117. The highest BCUT2D eigenvalue weighted by atomic mass is 32.2. The summed E-state index contributed by atoms with van der Waals surface area (Å²) < 4.78 is 5.73. The van der Waals surface area contributed by atoms with E-state index in [-0.39, 0.29) is 5.57 Å². The van der Waals surface area contributed by atoms with E-state index in [2.05, 4.69) is 10.3 Å². The molecule has 148 valence electrons. The summed E-state index contributed by atoms with van der Waals surface area (Å²) in [5.74, 6) is 0.0581. The maximum atomic E-state index is 12.4. The molecule has 0 radical (unpaired) electrons. The van der Waals surface area contributed by atoms with Crippen molar-refractivity contribution in [1.82, 2.24) is 10.3 Å². The molecule has 0 unspecified atom stereocenters. The monoisotopic (exact) mass is 413 g/mol. The molecule has 4 rings (SSSR count). The van der Waals surface area contributed by atoms with Crippen molar-refractivity contribution in [3.05, 3.63) is 89.8 Å². The van der Waals surface area contributed by atoms with Crippen LogP contribution in [0.5, 0.6) is 0 Å². The minimum atomic E-state index is -0.411. The highest BCUT2D eigenvalue weighted by molar-refractivity contribution is 7.99. The van der Waals surface area contributed by atoms with Crippen LogP contribution in [0.1, 0.15) is 11.3 Å². The summed E-state index contributed by atoms with van der Waals surface area (Å²) in [5.41, 5.74) is 2.21. The van der Waals surface area contributed by atoms with Crippen molar-refractivity contribution in [3.8, 4) is 6.07 Å². The van der Waals surface area contributed by atoms with Gasteiger partial charge in [0.2, 0.25) is 0 Å². The van der Waals surface area contributed by atoms with Crippen molar-refractivity contribution in [3.63, 3.8) is 0 Å². The van der Waals surface area contributed by atoms with Gasteiger partial charge in [-0.05, 0) is 42.3 Å². The number of nitrogens with one attached hydrogen (secondary N) is 2. The zero-order valence-corrected chi connectivity index (χ0v) is 16.9. The van der Waals surface area contributed by atoms with Crippen molar-refractivity contribution in [2.45, 2.75) is 16.4 Å². The van der Waals surface area contributed by atoms with E-state index < -0.39 is 5.91 Å². The van der Waals surface area contributed by atoms with Crippen molar-refractivity contribution in [2.75, 3.05) is 6.54 Å². The largest absolute Gasteiger partial charge is 0.450 e. The number of para-hydroxylation sites is 1. The summed E-state index contributed by atoms with van der Waals surface area (Å²) in [7, 11) is 0. The van der Waals surface area contributed by atoms with Gasteiger partial charge in [-0.1, -0.05) is 48.2 Å². The third-order valence-corrected chi connectivity index (χ3v) is 5.50. The number of fused-ring (bicyclic) bond motifs is 1. The second kappa shape index (κ2) is 9.21. The molecule has 0 aliphatic carbocycles.